The molecular weight excluding hydrogens is 360 g/mol. The molecule has 6 heteroatoms. The molecule has 1 saturated heterocycles. The fraction of sp³-hybridized carbons (Fsp3) is 0.238. The van der Waals surface area contributed by atoms with E-state index in [1.54, 1.807) is 0 Å². The normalized spacial score (nSPS) is 15.1. The van der Waals surface area contributed by atoms with E-state index in [4.69, 9.17) is 0 Å². The average Bonchev–Trinajstić information content (AvgIpc) is 3.37. The van der Waals surface area contributed by atoms with E-state index in [2.05, 4.69) is 27.8 Å². The lowest BCUT2D eigenvalue weighted by atomic mass is 10.1. The third-order valence-corrected chi connectivity index (χ3v) is 5.25. The van der Waals surface area contributed by atoms with Crippen LogP contribution in [0.5, 0.6) is 0 Å². The summed E-state index contributed by atoms with van der Waals surface area (Å²) in [6, 6.07) is 18.3. The molecule has 0 aliphatic carbocycles. The van der Waals surface area contributed by atoms with Crippen molar-refractivity contribution in [3.05, 3.63) is 60.8 Å². The highest BCUT2D eigenvalue weighted by Gasteiger charge is 2.32. The van der Waals surface area contributed by atoms with Gasteiger partial charge in [0, 0.05) is 24.2 Å². The molecule has 0 N–H and O–H groups in total. The third-order valence-electron chi connectivity index (χ3n) is 5.25. The molecule has 0 unspecified atom stereocenters. The molecule has 2 aliphatic heterocycles. The second-order valence-corrected chi connectivity index (χ2v) is 6.82. The Hall–Kier alpha value is -2.79. The number of carbonyl (C=O) groups excluding carboxylic acids is 1. The van der Waals surface area contributed by atoms with Gasteiger partial charge in [0.25, 0.3) is 0 Å². The second kappa shape index (κ2) is 7.08. The van der Waals surface area contributed by atoms with E-state index in [9.17, 15) is 4.79 Å². The largest absolute Gasteiger partial charge is 0.326 e. The van der Waals surface area contributed by atoms with E-state index in [0.29, 0.717) is 6.67 Å². The lowest BCUT2D eigenvalue weighted by Crippen LogP contribution is -2.44. The van der Waals surface area contributed by atoms with Crippen LogP contribution in [0.4, 0.5) is 10.5 Å². The van der Waals surface area contributed by atoms with Crippen molar-refractivity contribution in [1.82, 2.24) is 14.5 Å². The zero-order valence-electron chi connectivity index (χ0n) is 14.9. The van der Waals surface area contributed by atoms with Gasteiger partial charge in [-0.2, -0.15) is 0 Å². The Balaban J connectivity index is 0.00000180. The number of imidazole rings is 1. The molecule has 3 aromatic rings. The summed E-state index contributed by atoms with van der Waals surface area (Å²) in [5, 5.41) is 0. The summed E-state index contributed by atoms with van der Waals surface area (Å²) in [6.45, 7) is 2.19. The molecule has 0 saturated carbocycles. The summed E-state index contributed by atoms with van der Waals surface area (Å²) in [6.07, 6.45) is 4.10. The first-order valence-corrected chi connectivity index (χ1v) is 9.10. The number of anilines is 1. The van der Waals surface area contributed by atoms with E-state index in [1.165, 1.54) is 0 Å². The Kier molecular flexibility index (Phi) is 4.62. The number of benzene rings is 2. The van der Waals surface area contributed by atoms with Crippen molar-refractivity contribution in [2.45, 2.75) is 19.5 Å². The number of aromatic nitrogens is 2. The number of likely N-dealkylation sites (tertiary alicyclic amines) is 1. The number of fused-ring (bicyclic) bond motifs is 3. The molecule has 5 rings (SSSR count). The number of carbonyl (C=O) groups is 1. The Bertz CT molecular complexity index is 950. The number of amides is 2. The minimum atomic E-state index is 0. The Labute approximate surface area is 164 Å². The lowest BCUT2D eigenvalue weighted by Gasteiger charge is -2.34. The van der Waals surface area contributed by atoms with Crippen LogP contribution in [0.2, 0.25) is 0 Å². The van der Waals surface area contributed by atoms with Crippen LogP contribution in [0.1, 0.15) is 12.8 Å². The maximum Gasteiger partial charge on any atom is 0.326 e. The number of para-hydroxylation sites is 1. The predicted molar refractivity (Wildman–Crippen MR) is 109 cm³/mol. The van der Waals surface area contributed by atoms with Crippen molar-refractivity contribution in [1.29, 1.82) is 0 Å². The molecule has 138 valence electrons. The van der Waals surface area contributed by atoms with Crippen molar-refractivity contribution in [2.75, 3.05) is 18.0 Å². The van der Waals surface area contributed by atoms with Gasteiger partial charge in [0.2, 0.25) is 0 Å². The first kappa shape index (κ1) is 17.6. The van der Waals surface area contributed by atoms with E-state index in [1.807, 2.05) is 52.4 Å². The SMILES string of the molecule is Cl.O=C(N1CCCC1)N1Cn2c(cnc2-c2ccccc2)-c2ccccc21. The molecule has 1 fully saturated rings. The van der Waals surface area contributed by atoms with Crippen LogP contribution in [0.25, 0.3) is 22.6 Å². The molecule has 27 heavy (non-hydrogen) atoms. The van der Waals surface area contributed by atoms with Gasteiger partial charge in [0.05, 0.1) is 17.6 Å². The van der Waals surface area contributed by atoms with E-state index in [-0.39, 0.29) is 18.4 Å². The standard InChI is InChI=1S/C21H20N4O.ClH/c26-21(23-12-6-7-13-23)25-15-24-19(17-10-4-5-11-18(17)25)14-22-20(24)16-8-2-1-3-9-16;/h1-5,8-11,14H,6-7,12-13,15H2;1H. The van der Waals surface area contributed by atoms with Gasteiger partial charge in [-0.25, -0.2) is 9.78 Å². The number of urea groups is 1. The Morgan fingerprint density at radius 1 is 0.926 bits per heavy atom. The van der Waals surface area contributed by atoms with Crippen LogP contribution in [-0.4, -0.2) is 33.6 Å². The van der Waals surface area contributed by atoms with Crippen molar-refractivity contribution >= 4 is 24.1 Å². The Morgan fingerprint density at radius 3 is 2.41 bits per heavy atom. The molecule has 0 atom stereocenters. The van der Waals surface area contributed by atoms with E-state index in [0.717, 1.165) is 54.3 Å². The third kappa shape index (κ3) is 2.88. The van der Waals surface area contributed by atoms with Gasteiger partial charge in [0.15, 0.2) is 0 Å². The van der Waals surface area contributed by atoms with E-state index >= 15 is 0 Å². The van der Waals surface area contributed by atoms with Gasteiger partial charge in [-0.1, -0.05) is 48.5 Å². The zero-order chi connectivity index (χ0) is 17.5. The maximum absolute atomic E-state index is 13.2. The van der Waals surface area contributed by atoms with Crippen LogP contribution in [0.3, 0.4) is 0 Å². The molecule has 3 heterocycles. The van der Waals surface area contributed by atoms with Crippen molar-refractivity contribution in [3.63, 3.8) is 0 Å². The highest BCUT2D eigenvalue weighted by molar-refractivity contribution is 5.97. The number of rotatable bonds is 1. The molecule has 2 aliphatic rings. The van der Waals surface area contributed by atoms with Gasteiger partial charge in [0.1, 0.15) is 12.5 Å². The number of hydrogen-bond acceptors (Lipinski definition) is 2. The molecule has 2 amide bonds. The van der Waals surface area contributed by atoms with Crippen LogP contribution in [-0.2, 0) is 6.67 Å². The summed E-state index contributed by atoms with van der Waals surface area (Å²) in [4.78, 5) is 21.7. The first-order chi connectivity index (χ1) is 12.8. The summed E-state index contributed by atoms with van der Waals surface area (Å²) < 4.78 is 2.14. The highest BCUT2D eigenvalue weighted by Crippen LogP contribution is 2.38. The van der Waals surface area contributed by atoms with Crippen molar-refractivity contribution < 1.29 is 4.79 Å². The highest BCUT2D eigenvalue weighted by atomic mass is 35.5. The fourth-order valence-corrected chi connectivity index (χ4v) is 3.94. The summed E-state index contributed by atoms with van der Waals surface area (Å²) in [5.41, 5.74) is 4.15. The fourth-order valence-electron chi connectivity index (χ4n) is 3.94. The maximum atomic E-state index is 13.2. The van der Waals surface area contributed by atoms with Crippen LogP contribution in [0.15, 0.2) is 60.8 Å². The summed E-state index contributed by atoms with van der Waals surface area (Å²) in [7, 11) is 0. The molecule has 1 aromatic heterocycles. The smallest absolute Gasteiger partial charge is 0.324 e. The monoisotopic (exact) mass is 380 g/mol. The van der Waals surface area contributed by atoms with Crippen LogP contribution < -0.4 is 4.90 Å². The molecule has 0 bridgehead atoms. The van der Waals surface area contributed by atoms with Crippen LogP contribution in [0, 0.1) is 0 Å². The summed E-state index contributed by atoms with van der Waals surface area (Å²) in [5.74, 6) is 0.898. The van der Waals surface area contributed by atoms with Gasteiger partial charge < -0.3 is 9.47 Å². The second-order valence-electron chi connectivity index (χ2n) is 6.82. The topological polar surface area (TPSA) is 41.4 Å². The van der Waals surface area contributed by atoms with Gasteiger partial charge in [-0.05, 0) is 18.9 Å². The summed E-state index contributed by atoms with van der Waals surface area (Å²) >= 11 is 0. The quantitative estimate of drug-likeness (QED) is 0.617. The molecule has 0 radical (unpaired) electrons. The molecular formula is C21H21ClN4O. The number of halogens is 1. The van der Waals surface area contributed by atoms with Gasteiger partial charge >= 0.3 is 6.03 Å². The van der Waals surface area contributed by atoms with Crippen LogP contribution >= 0.6 is 12.4 Å². The molecule has 0 spiro atoms. The number of nitrogens with zero attached hydrogens (tertiary/aromatic N) is 4. The molecule has 5 nitrogen and oxygen atoms in total. The minimum absolute atomic E-state index is 0. The average molecular weight is 381 g/mol. The molecule has 2 aromatic carbocycles. The minimum Gasteiger partial charge on any atom is -0.324 e. The Morgan fingerprint density at radius 2 is 1.63 bits per heavy atom. The predicted octanol–water partition coefficient (Wildman–Crippen LogP) is 4.63. The van der Waals surface area contributed by atoms with Gasteiger partial charge in [-0.15, -0.1) is 12.4 Å². The first-order valence-electron chi connectivity index (χ1n) is 9.10. The van der Waals surface area contributed by atoms with Crippen molar-refractivity contribution in [3.8, 4) is 22.6 Å². The van der Waals surface area contributed by atoms with Gasteiger partial charge in [-0.3, -0.25) is 4.90 Å². The number of hydrogen-bond donors (Lipinski definition) is 0. The lowest BCUT2D eigenvalue weighted by molar-refractivity contribution is 0.213. The zero-order valence-corrected chi connectivity index (χ0v) is 15.7. The van der Waals surface area contributed by atoms with E-state index < -0.39 is 0 Å². The van der Waals surface area contributed by atoms with Crippen molar-refractivity contribution in [2.24, 2.45) is 0 Å².